The number of hydrogen-bond acceptors (Lipinski definition) is 4. The first-order chi connectivity index (χ1) is 9.28. The van der Waals surface area contributed by atoms with Crippen molar-refractivity contribution in [2.45, 2.75) is 31.7 Å². The lowest BCUT2D eigenvalue weighted by molar-refractivity contribution is 0.321. The van der Waals surface area contributed by atoms with Crippen molar-refractivity contribution in [1.82, 2.24) is 9.88 Å². The highest BCUT2D eigenvalue weighted by atomic mass is 35.5. The third-order valence-electron chi connectivity index (χ3n) is 2.92. The zero-order chi connectivity index (χ0) is 13.5. The monoisotopic (exact) mass is 314 g/mol. The second kappa shape index (κ2) is 8.00. The Kier molecular flexibility index (Phi) is 6.31. The van der Waals surface area contributed by atoms with Crippen LogP contribution in [0.2, 0.25) is 0 Å². The van der Waals surface area contributed by atoms with E-state index >= 15 is 0 Å². The van der Waals surface area contributed by atoms with Gasteiger partial charge in [-0.05, 0) is 44.3 Å². The van der Waals surface area contributed by atoms with E-state index < -0.39 is 0 Å². The van der Waals surface area contributed by atoms with E-state index in [1.807, 2.05) is 11.3 Å². The van der Waals surface area contributed by atoms with E-state index in [0.29, 0.717) is 5.88 Å². The predicted octanol–water partition coefficient (Wildman–Crippen LogP) is 4.40. The van der Waals surface area contributed by atoms with Gasteiger partial charge in [0.1, 0.15) is 0 Å². The molecule has 5 heteroatoms. The van der Waals surface area contributed by atoms with Crippen molar-refractivity contribution in [2.75, 3.05) is 13.6 Å². The van der Waals surface area contributed by atoms with E-state index in [1.165, 1.54) is 22.7 Å². The molecule has 0 amide bonds. The maximum Gasteiger partial charge on any atom is 0.0928 e. The number of alkyl halides is 1. The van der Waals surface area contributed by atoms with Gasteiger partial charge in [0.2, 0.25) is 0 Å². The van der Waals surface area contributed by atoms with Gasteiger partial charge in [-0.15, -0.1) is 34.3 Å². The van der Waals surface area contributed by atoms with Gasteiger partial charge >= 0.3 is 0 Å². The van der Waals surface area contributed by atoms with Crippen molar-refractivity contribution in [2.24, 2.45) is 0 Å². The molecule has 2 rings (SSSR count). The van der Waals surface area contributed by atoms with Gasteiger partial charge in [0.05, 0.1) is 16.6 Å². The fraction of sp³-hybridized carbons (Fsp3) is 0.500. The maximum atomic E-state index is 5.75. The van der Waals surface area contributed by atoms with Gasteiger partial charge < -0.3 is 4.90 Å². The number of halogens is 1. The number of unbranched alkanes of at least 4 members (excludes halogenated alkanes) is 1. The topological polar surface area (TPSA) is 16.1 Å². The van der Waals surface area contributed by atoms with Crippen LogP contribution in [0.15, 0.2) is 22.9 Å². The number of rotatable bonds is 8. The van der Waals surface area contributed by atoms with Crippen molar-refractivity contribution >= 4 is 34.3 Å². The summed E-state index contributed by atoms with van der Waals surface area (Å²) in [5.41, 5.74) is 1.01. The van der Waals surface area contributed by atoms with Crippen LogP contribution in [0.25, 0.3) is 0 Å². The van der Waals surface area contributed by atoms with Gasteiger partial charge in [0, 0.05) is 16.8 Å². The summed E-state index contributed by atoms with van der Waals surface area (Å²) in [5.74, 6) is 0.528. The number of aryl methyl sites for hydroxylation is 1. The molecule has 0 spiro atoms. The molecule has 0 saturated carbocycles. The van der Waals surface area contributed by atoms with Gasteiger partial charge in [-0.2, -0.15) is 0 Å². The SMILES string of the molecule is CN(CCCCc1nc(CCl)cs1)Cc1cccs1. The average Bonchev–Trinajstić information content (AvgIpc) is 3.05. The molecule has 2 nitrogen and oxygen atoms in total. The van der Waals surface area contributed by atoms with Gasteiger partial charge in [0.15, 0.2) is 0 Å². The molecule has 2 aromatic rings. The summed E-state index contributed by atoms with van der Waals surface area (Å²) in [6.45, 7) is 2.21. The van der Waals surface area contributed by atoms with Crippen LogP contribution in [0.4, 0.5) is 0 Å². The van der Waals surface area contributed by atoms with Gasteiger partial charge in [-0.3, -0.25) is 0 Å². The largest absolute Gasteiger partial charge is 0.301 e. The van der Waals surface area contributed by atoms with E-state index in [2.05, 4.69) is 39.8 Å². The first-order valence-corrected chi connectivity index (χ1v) is 8.77. The van der Waals surface area contributed by atoms with E-state index in [1.54, 1.807) is 11.3 Å². The third-order valence-corrected chi connectivity index (χ3v) is 5.01. The van der Waals surface area contributed by atoms with Crippen LogP contribution < -0.4 is 0 Å². The minimum Gasteiger partial charge on any atom is -0.301 e. The summed E-state index contributed by atoms with van der Waals surface area (Å²) in [4.78, 5) is 8.31. The zero-order valence-corrected chi connectivity index (χ0v) is 13.5. The smallest absolute Gasteiger partial charge is 0.0928 e. The first-order valence-electron chi connectivity index (χ1n) is 6.48. The van der Waals surface area contributed by atoms with E-state index in [0.717, 1.165) is 25.2 Å². The van der Waals surface area contributed by atoms with E-state index in [-0.39, 0.29) is 0 Å². The quantitative estimate of drug-likeness (QED) is 0.530. The Hall–Kier alpha value is -0.420. The van der Waals surface area contributed by atoms with E-state index in [9.17, 15) is 0 Å². The molecule has 0 unspecified atom stereocenters. The third kappa shape index (κ3) is 5.22. The highest BCUT2D eigenvalue weighted by molar-refractivity contribution is 7.10. The Bertz CT molecular complexity index is 468. The lowest BCUT2D eigenvalue weighted by Crippen LogP contribution is -2.18. The summed E-state index contributed by atoms with van der Waals surface area (Å²) in [7, 11) is 2.19. The Labute approximate surface area is 128 Å². The highest BCUT2D eigenvalue weighted by Gasteiger charge is 2.03. The molecule has 0 aliphatic rings. The summed E-state index contributed by atoms with van der Waals surface area (Å²) in [6, 6.07) is 4.31. The Morgan fingerprint density at radius 3 is 2.89 bits per heavy atom. The maximum absolute atomic E-state index is 5.75. The number of thiophene rings is 1. The molecular weight excluding hydrogens is 296 g/mol. The molecule has 0 atom stereocenters. The normalized spacial score (nSPS) is 11.3. The fourth-order valence-electron chi connectivity index (χ4n) is 1.93. The second-order valence-electron chi connectivity index (χ2n) is 4.64. The zero-order valence-electron chi connectivity index (χ0n) is 11.1. The number of nitrogens with zero attached hydrogens (tertiary/aromatic N) is 2. The molecule has 2 heterocycles. The lowest BCUT2D eigenvalue weighted by atomic mass is 10.2. The molecule has 0 radical (unpaired) electrons. The lowest BCUT2D eigenvalue weighted by Gasteiger charge is -2.14. The predicted molar refractivity (Wildman–Crippen MR) is 85.3 cm³/mol. The van der Waals surface area contributed by atoms with Crippen molar-refractivity contribution in [3.63, 3.8) is 0 Å². The summed E-state index contributed by atoms with van der Waals surface area (Å²) in [5, 5.41) is 5.42. The van der Waals surface area contributed by atoms with Crippen LogP contribution >= 0.6 is 34.3 Å². The summed E-state index contributed by atoms with van der Waals surface area (Å²) < 4.78 is 0. The van der Waals surface area contributed by atoms with Crippen LogP contribution in [0, 0.1) is 0 Å². The van der Waals surface area contributed by atoms with Crippen molar-refractivity contribution in [1.29, 1.82) is 0 Å². The van der Waals surface area contributed by atoms with Crippen molar-refractivity contribution in [3.05, 3.63) is 38.5 Å². The molecule has 0 aliphatic heterocycles. The highest BCUT2D eigenvalue weighted by Crippen LogP contribution is 2.15. The molecule has 104 valence electrons. The molecule has 0 aromatic carbocycles. The van der Waals surface area contributed by atoms with Crippen LogP contribution in [0.1, 0.15) is 28.4 Å². The molecule has 19 heavy (non-hydrogen) atoms. The molecule has 0 aliphatic carbocycles. The Morgan fingerprint density at radius 1 is 1.32 bits per heavy atom. The standard InChI is InChI=1S/C14H19ClN2S2/c1-17(10-13-5-4-8-18-13)7-3-2-6-14-16-12(9-15)11-19-14/h4-5,8,11H,2-3,6-7,9-10H2,1H3. The minimum atomic E-state index is 0.528. The Balaban J connectivity index is 1.61. The molecule has 0 bridgehead atoms. The molecule has 0 saturated heterocycles. The molecule has 2 aromatic heterocycles. The average molecular weight is 315 g/mol. The second-order valence-corrected chi connectivity index (χ2v) is 6.88. The van der Waals surface area contributed by atoms with Crippen molar-refractivity contribution in [3.8, 4) is 0 Å². The minimum absolute atomic E-state index is 0.528. The number of aromatic nitrogens is 1. The fourth-order valence-corrected chi connectivity index (χ4v) is 3.78. The van der Waals surface area contributed by atoms with Crippen LogP contribution in [0.5, 0.6) is 0 Å². The summed E-state index contributed by atoms with van der Waals surface area (Å²) >= 11 is 9.31. The van der Waals surface area contributed by atoms with Gasteiger partial charge in [0.25, 0.3) is 0 Å². The molecular formula is C14H19ClN2S2. The van der Waals surface area contributed by atoms with Gasteiger partial charge in [-0.25, -0.2) is 4.98 Å². The van der Waals surface area contributed by atoms with Crippen molar-refractivity contribution < 1.29 is 0 Å². The summed E-state index contributed by atoms with van der Waals surface area (Å²) in [6.07, 6.45) is 3.50. The first kappa shape index (κ1) is 15.0. The van der Waals surface area contributed by atoms with E-state index in [4.69, 9.17) is 11.6 Å². The van der Waals surface area contributed by atoms with Crippen LogP contribution in [0.3, 0.4) is 0 Å². The molecule has 0 fully saturated rings. The van der Waals surface area contributed by atoms with Crippen LogP contribution in [-0.2, 0) is 18.8 Å². The Morgan fingerprint density at radius 2 is 2.21 bits per heavy atom. The number of thiazole rings is 1. The van der Waals surface area contributed by atoms with Crippen LogP contribution in [-0.4, -0.2) is 23.5 Å². The number of hydrogen-bond donors (Lipinski definition) is 0. The molecule has 0 N–H and O–H groups in total. The van der Waals surface area contributed by atoms with Gasteiger partial charge in [-0.1, -0.05) is 6.07 Å².